The Kier molecular flexibility index (Phi) is 6.82. The van der Waals surface area contributed by atoms with E-state index in [-0.39, 0.29) is 5.75 Å². The third-order valence-corrected chi connectivity index (χ3v) is 5.39. The molecule has 1 heterocycles. The molecular formula is C22H24N2O4S. The zero-order valence-corrected chi connectivity index (χ0v) is 17.5. The number of thioether (sulfide) groups is 1. The quantitative estimate of drug-likeness (QED) is 0.508. The second-order valence-electron chi connectivity index (χ2n) is 6.38. The summed E-state index contributed by atoms with van der Waals surface area (Å²) in [6.07, 6.45) is 0.905. The lowest BCUT2D eigenvalue weighted by atomic mass is 10.0. The molecule has 2 aromatic carbocycles. The Hall–Kier alpha value is -2.93. The third kappa shape index (κ3) is 4.74. The van der Waals surface area contributed by atoms with Crippen molar-refractivity contribution in [2.75, 3.05) is 20.0 Å². The minimum absolute atomic E-state index is 0.0369. The Morgan fingerprint density at radius 1 is 1.00 bits per heavy atom. The van der Waals surface area contributed by atoms with Gasteiger partial charge in [0.1, 0.15) is 11.5 Å². The van der Waals surface area contributed by atoms with Crippen LogP contribution in [-0.2, 0) is 11.3 Å². The summed E-state index contributed by atoms with van der Waals surface area (Å²) in [5.74, 6) is 0.651. The molecular weight excluding hydrogens is 388 g/mol. The van der Waals surface area contributed by atoms with Crippen molar-refractivity contribution in [2.24, 2.45) is 0 Å². The van der Waals surface area contributed by atoms with Gasteiger partial charge in [0.05, 0.1) is 31.4 Å². The maximum atomic E-state index is 11.1. The zero-order chi connectivity index (χ0) is 20.8. The molecule has 0 spiro atoms. The number of carboxylic acids is 1. The fraction of sp³-hybridized carbons (Fsp3) is 0.273. The number of rotatable bonds is 9. The first kappa shape index (κ1) is 20.8. The summed E-state index contributed by atoms with van der Waals surface area (Å²) in [5.41, 5.74) is 3.73. The molecule has 0 atom stereocenters. The van der Waals surface area contributed by atoms with E-state index in [4.69, 9.17) is 19.6 Å². The van der Waals surface area contributed by atoms with Crippen LogP contribution in [-0.4, -0.2) is 40.6 Å². The zero-order valence-electron chi connectivity index (χ0n) is 16.7. The number of aromatic nitrogens is 2. The number of hydrogen-bond acceptors (Lipinski definition) is 5. The van der Waals surface area contributed by atoms with Gasteiger partial charge in [0.25, 0.3) is 0 Å². The van der Waals surface area contributed by atoms with Gasteiger partial charge in [-0.2, -0.15) is 0 Å². The van der Waals surface area contributed by atoms with Gasteiger partial charge in [0, 0.05) is 17.7 Å². The molecule has 0 bridgehead atoms. The summed E-state index contributed by atoms with van der Waals surface area (Å²) in [5, 5.41) is 9.84. The number of carbonyl (C=O) groups is 1. The van der Waals surface area contributed by atoms with Crippen molar-refractivity contribution in [1.82, 2.24) is 9.55 Å². The molecule has 1 aromatic heterocycles. The molecule has 1 N–H and O–H groups in total. The van der Waals surface area contributed by atoms with E-state index in [0.29, 0.717) is 5.16 Å². The van der Waals surface area contributed by atoms with Gasteiger partial charge in [0.2, 0.25) is 0 Å². The van der Waals surface area contributed by atoms with Crippen LogP contribution in [0.1, 0.15) is 13.3 Å². The van der Waals surface area contributed by atoms with E-state index >= 15 is 0 Å². The van der Waals surface area contributed by atoms with Crippen LogP contribution in [0.4, 0.5) is 0 Å². The first-order valence-corrected chi connectivity index (χ1v) is 10.3. The van der Waals surface area contributed by atoms with Crippen LogP contribution in [0.5, 0.6) is 11.5 Å². The number of imidazole rings is 1. The monoisotopic (exact) mass is 412 g/mol. The Morgan fingerprint density at radius 3 is 2.03 bits per heavy atom. The van der Waals surface area contributed by atoms with E-state index < -0.39 is 5.97 Å². The predicted octanol–water partition coefficient (Wildman–Crippen LogP) is 4.82. The predicted molar refractivity (Wildman–Crippen MR) is 115 cm³/mol. The second kappa shape index (κ2) is 9.52. The number of aliphatic carboxylic acids is 1. The molecule has 0 aliphatic carbocycles. The van der Waals surface area contributed by atoms with E-state index in [1.54, 1.807) is 14.2 Å². The molecule has 0 saturated heterocycles. The maximum absolute atomic E-state index is 11.1. The third-order valence-electron chi connectivity index (χ3n) is 4.43. The average molecular weight is 413 g/mol. The number of methoxy groups -OCH3 is 2. The van der Waals surface area contributed by atoms with Crippen LogP contribution in [0.3, 0.4) is 0 Å². The van der Waals surface area contributed by atoms with Crippen LogP contribution in [0, 0.1) is 0 Å². The highest BCUT2D eigenvalue weighted by Gasteiger charge is 2.21. The molecule has 7 heteroatoms. The molecule has 0 unspecified atom stereocenters. The molecule has 0 saturated carbocycles. The molecule has 0 aliphatic heterocycles. The lowest BCUT2D eigenvalue weighted by molar-refractivity contribution is -0.133. The highest BCUT2D eigenvalue weighted by molar-refractivity contribution is 7.99. The molecule has 29 heavy (non-hydrogen) atoms. The fourth-order valence-electron chi connectivity index (χ4n) is 3.09. The van der Waals surface area contributed by atoms with Crippen molar-refractivity contribution in [2.45, 2.75) is 25.0 Å². The number of hydrogen-bond donors (Lipinski definition) is 1. The molecule has 0 radical (unpaired) electrons. The van der Waals surface area contributed by atoms with Gasteiger partial charge < -0.3 is 19.1 Å². The van der Waals surface area contributed by atoms with Gasteiger partial charge in [-0.3, -0.25) is 4.79 Å². The summed E-state index contributed by atoms with van der Waals surface area (Å²) < 4.78 is 12.7. The highest BCUT2D eigenvalue weighted by Crippen LogP contribution is 2.37. The van der Waals surface area contributed by atoms with Gasteiger partial charge in [-0.1, -0.05) is 18.7 Å². The Labute approximate surface area is 174 Å². The number of carboxylic acid groups (broad SMARTS) is 1. The van der Waals surface area contributed by atoms with Crippen molar-refractivity contribution in [1.29, 1.82) is 0 Å². The topological polar surface area (TPSA) is 73.6 Å². The normalized spacial score (nSPS) is 10.7. The van der Waals surface area contributed by atoms with E-state index in [1.807, 2.05) is 48.5 Å². The minimum atomic E-state index is -0.863. The van der Waals surface area contributed by atoms with Gasteiger partial charge in [0.15, 0.2) is 5.16 Å². The van der Waals surface area contributed by atoms with Gasteiger partial charge >= 0.3 is 5.97 Å². The summed E-state index contributed by atoms with van der Waals surface area (Å²) >= 11 is 1.24. The highest BCUT2D eigenvalue weighted by atomic mass is 32.2. The van der Waals surface area contributed by atoms with Crippen LogP contribution in [0.15, 0.2) is 53.7 Å². The van der Waals surface area contributed by atoms with Crippen molar-refractivity contribution in [3.8, 4) is 34.0 Å². The molecule has 0 amide bonds. The summed E-state index contributed by atoms with van der Waals surface area (Å²) in [7, 11) is 3.27. The fourth-order valence-corrected chi connectivity index (χ4v) is 3.84. The number of benzene rings is 2. The SMILES string of the molecule is CCCn1c(SCC(=O)O)nc(-c2ccc(OC)cc2)c1-c1ccc(OC)cc1. The Bertz CT molecular complexity index is 966. The summed E-state index contributed by atoms with van der Waals surface area (Å²) in [6, 6.07) is 15.6. The molecule has 3 aromatic rings. The average Bonchev–Trinajstić information content (AvgIpc) is 3.11. The lowest BCUT2D eigenvalue weighted by Crippen LogP contribution is -2.04. The molecule has 6 nitrogen and oxygen atoms in total. The number of ether oxygens (including phenoxy) is 2. The molecule has 0 aliphatic rings. The van der Waals surface area contributed by atoms with E-state index in [2.05, 4.69) is 11.5 Å². The Balaban J connectivity index is 2.17. The van der Waals surface area contributed by atoms with Crippen LogP contribution in [0.2, 0.25) is 0 Å². The lowest BCUT2D eigenvalue weighted by Gasteiger charge is -2.12. The van der Waals surface area contributed by atoms with E-state index in [9.17, 15) is 4.79 Å². The standard InChI is InChI=1S/C22H24N2O4S/c1-4-13-24-21(16-7-11-18(28-3)12-8-16)20(23-22(24)29-14-19(25)26)15-5-9-17(27-2)10-6-15/h5-12H,4,13-14H2,1-3H3,(H,25,26). The van der Waals surface area contributed by atoms with Crippen molar-refractivity contribution >= 4 is 17.7 Å². The summed E-state index contributed by atoms with van der Waals surface area (Å²) in [4.78, 5) is 16.0. The first-order valence-electron chi connectivity index (χ1n) is 9.31. The van der Waals surface area contributed by atoms with E-state index in [1.165, 1.54) is 11.8 Å². The van der Waals surface area contributed by atoms with Crippen LogP contribution < -0.4 is 9.47 Å². The van der Waals surface area contributed by atoms with Gasteiger partial charge in [-0.05, 0) is 55.0 Å². The smallest absolute Gasteiger partial charge is 0.313 e. The van der Waals surface area contributed by atoms with E-state index in [0.717, 1.165) is 47.0 Å². The molecule has 0 fully saturated rings. The number of nitrogens with zero attached hydrogens (tertiary/aromatic N) is 2. The molecule has 3 rings (SSSR count). The minimum Gasteiger partial charge on any atom is -0.497 e. The van der Waals surface area contributed by atoms with Crippen molar-refractivity contribution in [3.63, 3.8) is 0 Å². The first-order chi connectivity index (χ1) is 14.1. The van der Waals surface area contributed by atoms with Gasteiger partial charge in [-0.15, -0.1) is 0 Å². The van der Waals surface area contributed by atoms with Crippen LogP contribution in [0.25, 0.3) is 22.5 Å². The van der Waals surface area contributed by atoms with Gasteiger partial charge in [-0.25, -0.2) is 4.98 Å². The Morgan fingerprint density at radius 2 is 1.55 bits per heavy atom. The maximum Gasteiger partial charge on any atom is 0.313 e. The summed E-state index contributed by atoms with van der Waals surface area (Å²) in [6.45, 7) is 2.84. The van der Waals surface area contributed by atoms with Crippen molar-refractivity contribution in [3.05, 3.63) is 48.5 Å². The molecule has 152 valence electrons. The van der Waals surface area contributed by atoms with Crippen molar-refractivity contribution < 1.29 is 19.4 Å². The second-order valence-corrected chi connectivity index (χ2v) is 7.33. The largest absolute Gasteiger partial charge is 0.497 e. The van der Waals surface area contributed by atoms with Crippen LogP contribution >= 0.6 is 11.8 Å².